The van der Waals surface area contributed by atoms with E-state index in [1.54, 1.807) is 4.90 Å². The maximum atomic E-state index is 14.6. The number of hydrogen-bond donors (Lipinski definition) is 2. The zero-order valence-electron chi connectivity index (χ0n) is 18.7. The van der Waals surface area contributed by atoms with E-state index in [0.717, 1.165) is 68.3 Å². The third-order valence-electron chi connectivity index (χ3n) is 6.41. The van der Waals surface area contributed by atoms with Gasteiger partial charge < -0.3 is 15.5 Å². The van der Waals surface area contributed by atoms with Crippen molar-refractivity contribution in [3.63, 3.8) is 0 Å². The predicted octanol–water partition coefficient (Wildman–Crippen LogP) is 3.90. The molecule has 0 radical (unpaired) electrons. The Morgan fingerprint density at radius 2 is 1.80 bits per heavy atom. The molecular formula is C22H24F4N8O. The molecule has 1 aliphatic heterocycles. The molecule has 0 bridgehead atoms. The highest BCUT2D eigenvalue weighted by Gasteiger charge is 2.32. The Bertz CT molecular complexity index is 1220. The molecule has 4 heterocycles. The van der Waals surface area contributed by atoms with Crippen molar-refractivity contribution in [1.82, 2.24) is 34.9 Å². The summed E-state index contributed by atoms with van der Waals surface area (Å²) in [7, 11) is 0. The maximum absolute atomic E-state index is 14.6. The second-order valence-corrected chi connectivity index (χ2v) is 8.90. The molecule has 9 nitrogen and oxygen atoms in total. The van der Waals surface area contributed by atoms with Crippen molar-refractivity contribution in [2.75, 3.05) is 18.4 Å². The molecule has 0 aromatic carbocycles. The zero-order chi connectivity index (χ0) is 24.6. The lowest BCUT2D eigenvalue weighted by Gasteiger charge is -2.31. The van der Waals surface area contributed by atoms with E-state index in [4.69, 9.17) is 0 Å². The number of aromatic nitrogens is 5. The monoisotopic (exact) mass is 492 g/mol. The summed E-state index contributed by atoms with van der Waals surface area (Å²) in [6.45, 7) is 1.52. The first kappa shape index (κ1) is 23.2. The van der Waals surface area contributed by atoms with Crippen molar-refractivity contribution in [2.24, 2.45) is 0 Å². The highest BCUT2D eigenvalue weighted by Crippen LogP contribution is 2.31. The number of nitrogens with zero attached hydrogens (tertiary/aromatic N) is 6. The summed E-state index contributed by atoms with van der Waals surface area (Å²) in [5.74, 6) is -0.850. The van der Waals surface area contributed by atoms with Crippen molar-refractivity contribution >= 4 is 22.9 Å². The van der Waals surface area contributed by atoms with Crippen LogP contribution >= 0.6 is 0 Å². The van der Waals surface area contributed by atoms with Gasteiger partial charge >= 0.3 is 12.2 Å². The van der Waals surface area contributed by atoms with Gasteiger partial charge in [0.25, 0.3) is 5.95 Å². The fourth-order valence-electron chi connectivity index (χ4n) is 4.61. The van der Waals surface area contributed by atoms with Gasteiger partial charge in [0.05, 0.1) is 23.5 Å². The molecule has 0 spiro atoms. The molecule has 2 amide bonds. The van der Waals surface area contributed by atoms with Crippen LogP contribution in [0.5, 0.6) is 0 Å². The lowest BCUT2D eigenvalue weighted by Crippen LogP contribution is -2.47. The minimum absolute atomic E-state index is 0.0411. The van der Waals surface area contributed by atoms with Crippen LogP contribution in [0.2, 0.25) is 0 Å². The Kier molecular flexibility index (Phi) is 6.15. The number of halogens is 4. The summed E-state index contributed by atoms with van der Waals surface area (Å²) in [6.07, 6.45) is 3.47. The lowest BCUT2D eigenvalue weighted by atomic mass is 9.91. The number of alkyl halides is 3. The summed E-state index contributed by atoms with van der Waals surface area (Å²) in [5, 5.41) is 10.2. The normalized spacial score (nSPS) is 20.9. The molecule has 1 aliphatic carbocycles. The molecule has 2 aliphatic rings. The second kappa shape index (κ2) is 9.27. The fraction of sp³-hybridized carbons (Fsp3) is 0.500. The highest BCUT2D eigenvalue weighted by molar-refractivity contribution is 5.76. The van der Waals surface area contributed by atoms with Crippen molar-refractivity contribution in [3.05, 3.63) is 36.0 Å². The molecular weight excluding hydrogens is 468 g/mol. The van der Waals surface area contributed by atoms with E-state index in [0.29, 0.717) is 6.42 Å². The van der Waals surface area contributed by atoms with Gasteiger partial charge in [0.15, 0.2) is 11.6 Å². The van der Waals surface area contributed by atoms with Crippen LogP contribution in [0.3, 0.4) is 0 Å². The molecule has 5 rings (SSSR count). The Morgan fingerprint density at radius 3 is 2.57 bits per heavy atom. The molecule has 2 fully saturated rings. The van der Waals surface area contributed by atoms with Crippen LogP contribution in [0.1, 0.15) is 44.1 Å². The Labute approximate surface area is 197 Å². The summed E-state index contributed by atoms with van der Waals surface area (Å²) in [5.41, 5.74) is -0.652. The van der Waals surface area contributed by atoms with Gasteiger partial charge in [0, 0.05) is 31.4 Å². The van der Waals surface area contributed by atoms with Gasteiger partial charge in [-0.25, -0.2) is 14.2 Å². The van der Waals surface area contributed by atoms with Gasteiger partial charge in [-0.2, -0.15) is 27.9 Å². The van der Waals surface area contributed by atoms with E-state index in [1.807, 2.05) is 0 Å². The first-order valence-electron chi connectivity index (χ1n) is 11.5. The molecule has 2 N–H and O–H groups in total. The van der Waals surface area contributed by atoms with Gasteiger partial charge in [-0.1, -0.05) is 0 Å². The number of nitrogens with one attached hydrogen (secondary N) is 2. The number of rotatable bonds is 4. The molecule has 3 aromatic heterocycles. The van der Waals surface area contributed by atoms with Gasteiger partial charge in [0.2, 0.25) is 0 Å². The largest absolute Gasteiger partial charge is 0.417 e. The summed E-state index contributed by atoms with van der Waals surface area (Å²) in [6, 6.07) is 0.656. The summed E-state index contributed by atoms with van der Waals surface area (Å²) in [4.78, 5) is 26.2. The van der Waals surface area contributed by atoms with Crippen molar-refractivity contribution in [1.29, 1.82) is 0 Å². The minimum atomic E-state index is -4.58. The van der Waals surface area contributed by atoms with E-state index in [-0.39, 0.29) is 40.9 Å². The van der Waals surface area contributed by atoms with Gasteiger partial charge in [-0.05, 0) is 44.6 Å². The van der Waals surface area contributed by atoms with Gasteiger partial charge in [-0.3, -0.25) is 4.98 Å². The predicted molar refractivity (Wildman–Crippen MR) is 118 cm³/mol. The van der Waals surface area contributed by atoms with E-state index < -0.39 is 17.6 Å². The third-order valence-corrected chi connectivity index (χ3v) is 6.41. The van der Waals surface area contributed by atoms with E-state index >= 15 is 0 Å². The number of pyridine rings is 1. The SMILES string of the molecule is O=C(N[C@@H]1CCC[C@H](Nc2nc(-n3ncc4ncc(C(F)(F)F)cc43)ncc2F)C1)N1CCCC1. The number of fused-ring (bicyclic) bond motifs is 1. The third kappa shape index (κ3) is 4.98. The van der Waals surface area contributed by atoms with Crippen LogP contribution in [0, 0.1) is 5.82 Å². The maximum Gasteiger partial charge on any atom is 0.417 e. The van der Waals surface area contributed by atoms with Crippen molar-refractivity contribution in [2.45, 2.75) is 56.8 Å². The van der Waals surface area contributed by atoms with Crippen LogP contribution < -0.4 is 10.6 Å². The van der Waals surface area contributed by atoms with Crippen LogP contribution in [0.15, 0.2) is 24.7 Å². The molecule has 0 unspecified atom stereocenters. The van der Waals surface area contributed by atoms with E-state index in [9.17, 15) is 22.4 Å². The van der Waals surface area contributed by atoms with Gasteiger partial charge in [0.1, 0.15) is 5.52 Å². The average Bonchev–Trinajstić information content (AvgIpc) is 3.50. The molecule has 3 aromatic rings. The van der Waals surface area contributed by atoms with Crippen LogP contribution in [0.25, 0.3) is 17.0 Å². The van der Waals surface area contributed by atoms with Crippen molar-refractivity contribution < 1.29 is 22.4 Å². The number of anilines is 1. The Balaban J connectivity index is 1.33. The molecule has 2 atom stereocenters. The number of urea groups is 1. The average molecular weight is 492 g/mol. The standard InChI is InChI=1S/C22H24F4N8O/c23-16-11-28-20(34-18-8-13(22(24,25)26)10-27-17(18)12-29-34)32-19(16)30-14-4-3-5-15(9-14)31-21(35)33-6-1-2-7-33/h8,10-12,14-15H,1-7,9H2,(H,31,35)(H,28,30,32)/t14-,15+/m0/s1. The quantitative estimate of drug-likeness (QED) is 0.536. The Hall–Kier alpha value is -3.51. The number of amides is 2. The number of hydrogen-bond acceptors (Lipinski definition) is 6. The van der Waals surface area contributed by atoms with Crippen LogP contribution in [0.4, 0.5) is 28.2 Å². The van der Waals surface area contributed by atoms with Crippen molar-refractivity contribution in [3.8, 4) is 5.95 Å². The van der Waals surface area contributed by atoms with E-state index in [1.165, 1.54) is 6.20 Å². The second-order valence-electron chi connectivity index (χ2n) is 8.90. The summed E-state index contributed by atoms with van der Waals surface area (Å²) < 4.78 is 55.1. The first-order chi connectivity index (χ1) is 16.8. The zero-order valence-corrected chi connectivity index (χ0v) is 18.7. The minimum Gasteiger partial charge on any atom is -0.365 e. The van der Waals surface area contributed by atoms with Crippen LogP contribution in [-0.2, 0) is 6.18 Å². The first-order valence-corrected chi connectivity index (χ1v) is 11.5. The Morgan fingerprint density at radius 1 is 1.03 bits per heavy atom. The molecule has 13 heteroatoms. The smallest absolute Gasteiger partial charge is 0.365 e. The molecule has 1 saturated carbocycles. The molecule has 186 valence electrons. The summed E-state index contributed by atoms with van der Waals surface area (Å²) >= 11 is 0. The topological polar surface area (TPSA) is 101 Å². The van der Waals surface area contributed by atoms with E-state index in [2.05, 4.69) is 30.7 Å². The number of likely N-dealkylation sites (tertiary alicyclic amines) is 1. The fourth-order valence-corrected chi connectivity index (χ4v) is 4.61. The number of carbonyl (C=O) groups excluding carboxylic acids is 1. The molecule has 1 saturated heterocycles. The lowest BCUT2D eigenvalue weighted by molar-refractivity contribution is -0.137. The van der Waals surface area contributed by atoms with Crippen LogP contribution in [-0.4, -0.2) is 60.8 Å². The highest BCUT2D eigenvalue weighted by atomic mass is 19.4. The number of carbonyl (C=O) groups is 1. The van der Waals surface area contributed by atoms with Gasteiger partial charge in [-0.15, -0.1) is 0 Å². The molecule has 35 heavy (non-hydrogen) atoms.